The maximum atomic E-state index is 11.0. The molecule has 0 saturated carbocycles. The molecule has 0 aliphatic carbocycles. The van der Waals surface area contributed by atoms with Crippen molar-refractivity contribution in [2.45, 2.75) is 33.1 Å². The molecule has 0 aromatic carbocycles. The Labute approximate surface area is 80.2 Å². The zero-order valence-corrected chi connectivity index (χ0v) is 8.56. The van der Waals surface area contributed by atoms with Crippen LogP contribution in [0.3, 0.4) is 0 Å². The van der Waals surface area contributed by atoms with E-state index in [0.717, 1.165) is 25.1 Å². The van der Waals surface area contributed by atoms with Gasteiger partial charge in [-0.2, -0.15) is 0 Å². The van der Waals surface area contributed by atoms with Crippen LogP contribution >= 0.6 is 0 Å². The van der Waals surface area contributed by atoms with Crippen molar-refractivity contribution in [3.8, 4) is 0 Å². The highest BCUT2D eigenvalue weighted by atomic mass is 16.5. The predicted molar refractivity (Wildman–Crippen MR) is 53.3 cm³/mol. The summed E-state index contributed by atoms with van der Waals surface area (Å²) in [7, 11) is 0. The van der Waals surface area contributed by atoms with E-state index in [1.165, 1.54) is 0 Å². The van der Waals surface area contributed by atoms with Crippen LogP contribution in [0.5, 0.6) is 0 Å². The van der Waals surface area contributed by atoms with Gasteiger partial charge < -0.3 is 10.1 Å². The van der Waals surface area contributed by atoms with Gasteiger partial charge in [-0.15, -0.1) is 0 Å². The molecule has 0 heterocycles. The van der Waals surface area contributed by atoms with Gasteiger partial charge >= 0.3 is 5.97 Å². The molecule has 0 aliphatic rings. The molecule has 3 heteroatoms. The van der Waals surface area contributed by atoms with Gasteiger partial charge in [-0.3, -0.25) is 4.79 Å². The highest BCUT2D eigenvalue weighted by molar-refractivity contribution is 5.72. The molecular formula is C10H19NO2. The number of esters is 1. The van der Waals surface area contributed by atoms with Crippen molar-refractivity contribution in [3.05, 3.63) is 12.3 Å². The monoisotopic (exact) mass is 185 g/mol. The van der Waals surface area contributed by atoms with Gasteiger partial charge in [-0.05, 0) is 13.3 Å². The van der Waals surface area contributed by atoms with Crippen LogP contribution in [0.1, 0.15) is 33.1 Å². The molecule has 0 atom stereocenters. The molecule has 3 nitrogen and oxygen atoms in total. The van der Waals surface area contributed by atoms with E-state index in [0.29, 0.717) is 6.61 Å². The zero-order chi connectivity index (χ0) is 10.1. The van der Waals surface area contributed by atoms with E-state index >= 15 is 0 Å². The fourth-order valence-corrected chi connectivity index (χ4v) is 0.891. The summed E-state index contributed by atoms with van der Waals surface area (Å²) in [6, 6.07) is 0. The van der Waals surface area contributed by atoms with Crippen LogP contribution in [0.4, 0.5) is 0 Å². The van der Waals surface area contributed by atoms with Crippen LogP contribution in [0.25, 0.3) is 0 Å². The Kier molecular flexibility index (Phi) is 7.07. The summed E-state index contributed by atoms with van der Waals surface area (Å²) in [5.74, 6) is -0.212. The van der Waals surface area contributed by atoms with Gasteiger partial charge in [0.1, 0.15) is 0 Å². The number of unbranched alkanes of at least 4 members (excludes halogenated alkanes) is 1. The minimum Gasteiger partial charge on any atom is -0.466 e. The summed E-state index contributed by atoms with van der Waals surface area (Å²) < 4.78 is 4.78. The lowest BCUT2D eigenvalue weighted by molar-refractivity contribution is -0.142. The average molecular weight is 185 g/mol. The molecule has 1 N–H and O–H groups in total. The van der Waals surface area contributed by atoms with Gasteiger partial charge in [0, 0.05) is 12.2 Å². The molecule has 0 aliphatic heterocycles. The standard InChI is InChI=1S/C10H19NO2/c1-4-6-7-11-9(3)8-10(12)13-5-2/h11H,3-8H2,1-2H3. The van der Waals surface area contributed by atoms with E-state index in [1.54, 1.807) is 6.92 Å². The molecule has 0 radical (unpaired) electrons. The van der Waals surface area contributed by atoms with Crippen LogP contribution in [0.15, 0.2) is 12.3 Å². The number of hydrogen-bond acceptors (Lipinski definition) is 3. The molecule has 0 aromatic heterocycles. The number of rotatable bonds is 7. The highest BCUT2D eigenvalue weighted by Crippen LogP contribution is 1.96. The summed E-state index contributed by atoms with van der Waals surface area (Å²) in [5, 5.41) is 3.08. The van der Waals surface area contributed by atoms with E-state index in [4.69, 9.17) is 4.74 Å². The molecule has 0 bridgehead atoms. The average Bonchev–Trinajstić information content (AvgIpc) is 2.05. The van der Waals surface area contributed by atoms with Crippen molar-refractivity contribution >= 4 is 5.97 Å². The Hall–Kier alpha value is -0.990. The van der Waals surface area contributed by atoms with Crippen molar-refractivity contribution < 1.29 is 9.53 Å². The minimum atomic E-state index is -0.212. The van der Waals surface area contributed by atoms with Crippen molar-refractivity contribution in [3.63, 3.8) is 0 Å². The van der Waals surface area contributed by atoms with Crippen molar-refractivity contribution in [1.82, 2.24) is 5.32 Å². The number of ether oxygens (including phenoxy) is 1. The number of hydrogen-bond donors (Lipinski definition) is 1. The first-order valence-corrected chi connectivity index (χ1v) is 4.78. The molecular weight excluding hydrogens is 166 g/mol. The first-order chi connectivity index (χ1) is 6.20. The molecule has 0 fully saturated rings. The highest BCUT2D eigenvalue weighted by Gasteiger charge is 2.03. The molecule has 13 heavy (non-hydrogen) atoms. The van der Waals surface area contributed by atoms with Crippen LogP contribution in [0.2, 0.25) is 0 Å². The molecule has 0 saturated heterocycles. The summed E-state index contributed by atoms with van der Waals surface area (Å²) in [6.45, 7) is 8.97. The predicted octanol–water partition coefficient (Wildman–Crippen LogP) is 1.84. The van der Waals surface area contributed by atoms with Crippen LogP contribution < -0.4 is 5.32 Å². The minimum absolute atomic E-state index is 0.212. The lowest BCUT2D eigenvalue weighted by atomic mass is 10.3. The van der Waals surface area contributed by atoms with Crippen LogP contribution in [-0.4, -0.2) is 19.1 Å². The van der Waals surface area contributed by atoms with E-state index in [1.807, 2.05) is 0 Å². The third kappa shape index (κ3) is 7.37. The first kappa shape index (κ1) is 12.0. The summed E-state index contributed by atoms with van der Waals surface area (Å²) >= 11 is 0. The fraction of sp³-hybridized carbons (Fsp3) is 0.700. The molecule has 0 spiro atoms. The van der Waals surface area contributed by atoms with Gasteiger partial charge in [0.2, 0.25) is 0 Å². The van der Waals surface area contributed by atoms with Gasteiger partial charge in [0.05, 0.1) is 13.0 Å². The number of nitrogens with one attached hydrogen (secondary N) is 1. The molecule has 0 amide bonds. The normalized spacial score (nSPS) is 9.38. The lowest BCUT2D eigenvalue weighted by Gasteiger charge is -2.07. The second kappa shape index (κ2) is 7.65. The van der Waals surface area contributed by atoms with Crippen molar-refractivity contribution in [1.29, 1.82) is 0 Å². The maximum absolute atomic E-state index is 11.0. The maximum Gasteiger partial charge on any atom is 0.311 e. The Morgan fingerprint density at radius 1 is 1.46 bits per heavy atom. The number of carbonyl (C=O) groups excluding carboxylic acids is 1. The molecule has 0 unspecified atom stereocenters. The Morgan fingerprint density at radius 2 is 2.15 bits per heavy atom. The Bertz CT molecular complexity index is 166. The van der Waals surface area contributed by atoms with E-state index in [9.17, 15) is 4.79 Å². The number of carbonyl (C=O) groups is 1. The topological polar surface area (TPSA) is 38.3 Å². The van der Waals surface area contributed by atoms with Crippen LogP contribution in [0, 0.1) is 0 Å². The second-order valence-corrected chi connectivity index (χ2v) is 2.87. The van der Waals surface area contributed by atoms with E-state index in [-0.39, 0.29) is 12.4 Å². The largest absolute Gasteiger partial charge is 0.466 e. The Balaban J connectivity index is 3.44. The first-order valence-electron chi connectivity index (χ1n) is 4.78. The molecule has 0 aromatic rings. The van der Waals surface area contributed by atoms with Crippen molar-refractivity contribution in [2.24, 2.45) is 0 Å². The quantitative estimate of drug-likeness (QED) is 0.486. The van der Waals surface area contributed by atoms with Gasteiger partial charge in [0.25, 0.3) is 0 Å². The van der Waals surface area contributed by atoms with Crippen molar-refractivity contribution in [2.75, 3.05) is 13.2 Å². The fourth-order valence-electron chi connectivity index (χ4n) is 0.891. The van der Waals surface area contributed by atoms with E-state index in [2.05, 4.69) is 18.8 Å². The summed E-state index contributed by atoms with van der Waals surface area (Å²) in [6.07, 6.45) is 2.51. The van der Waals surface area contributed by atoms with Crippen LogP contribution in [-0.2, 0) is 9.53 Å². The lowest BCUT2D eigenvalue weighted by Crippen LogP contribution is -2.17. The second-order valence-electron chi connectivity index (χ2n) is 2.87. The zero-order valence-electron chi connectivity index (χ0n) is 8.56. The van der Waals surface area contributed by atoms with Gasteiger partial charge in [-0.25, -0.2) is 0 Å². The molecule has 76 valence electrons. The summed E-state index contributed by atoms with van der Waals surface area (Å²) in [4.78, 5) is 11.0. The Morgan fingerprint density at radius 3 is 2.69 bits per heavy atom. The SMILES string of the molecule is C=C(CC(=O)OCC)NCCCC. The molecule has 0 rings (SSSR count). The smallest absolute Gasteiger partial charge is 0.311 e. The third-order valence-electron chi connectivity index (χ3n) is 1.57. The van der Waals surface area contributed by atoms with Gasteiger partial charge in [-0.1, -0.05) is 19.9 Å². The summed E-state index contributed by atoms with van der Waals surface area (Å²) in [5.41, 5.74) is 0.742. The third-order valence-corrected chi connectivity index (χ3v) is 1.57. The van der Waals surface area contributed by atoms with Gasteiger partial charge in [0.15, 0.2) is 0 Å². The van der Waals surface area contributed by atoms with E-state index < -0.39 is 0 Å².